The Labute approximate surface area is 127 Å². The second kappa shape index (κ2) is 6.95. The van der Waals surface area contributed by atoms with Gasteiger partial charge in [-0.15, -0.1) is 0 Å². The highest BCUT2D eigenvalue weighted by atomic mass is 16.5. The normalized spacial score (nSPS) is 11.7. The van der Waals surface area contributed by atoms with Crippen LogP contribution in [0.1, 0.15) is 48.4 Å². The number of nitriles is 1. The van der Waals surface area contributed by atoms with Crippen LogP contribution in [0.15, 0.2) is 42.5 Å². The minimum absolute atomic E-state index is 0.464. The molecule has 0 N–H and O–H groups in total. The first-order valence-corrected chi connectivity index (χ1v) is 7.34. The van der Waals surface area contributed by atoms with Crippen molar-refractivity contribution >= 4 is 0 Å². The highest BCUT2D eigenvalue weighted by Crippen LogP contribution is 2.30. The SMILES string of the molecule is CCC(C)c1cc(Cc2ccccc2C#N)ccc1OC. The van der Waals surface area contributed by atoms with E-state index in [4.69, 9.17) is 4.74 Å². The standard InChI is InChI=1S/C19H21NO/c1-4-14(2)18-12-15(9-10-19(18)21-3)11-16-7-5-6-8-17(16)13-20/h5-10,12,14H,4,11H2,1-3H3. The summed E-state index contributed by atoms with van der Waals surface area (Å²) in [5.74, 6) is 1.41. The monoisotopic (exact) mass is 279 g/mol. The van der Waals surface area contributed by atoms with E-state index in [1.165, 1.54) is 11.1 Å². The van der Waals surface area contributed by atoms with Gasteiger partial charge in [-0.2, -0.15) is 5.26 Å². The molecule has 0 spiro atoms. The fraction of sp³-hybridized carbons (Fsp3) is 0.316. The first kappa shape index (κ1) is 15.1. The third-order valence-electron chi connectivity index (χ3n) is 3.97. The zero-order valence-electron chi connectivity index (χ0n) is 12.9. The topological polar surface area (TPSA) is 33.0 Å². The van der Waals surface area contributed by atoms with E-state index in [0.717, 1.165) is 29.7 Å². The van der Waals surface area contributed by atoms with Crippen molar-refractivity contribution in [3.8, 4) is 11.8 Å². The summed E-state index contributed by atoms with van der Waals surface area (Å²) in [5.41, 5.74) is 4.28. The van der Waals surface area contributed by atoms with Gasteiger partial charge in [0.2, 0.25) is 0 Å². The van der Waals surface area contributed by atoms with Gasteiger partial charge in [-0.3, -0.25) is 0 Å². The molecular formula is C19H21NO. The highest BCUT2D eigenvalue weighted by molar-refractivity contribution is 5.44. The molecule has 2 rings (SSSR count). The summed E-state index contributed by atoms with van der Waals surface area (Å²) in [7, 11) is 1.71. The van der Waals surface area contributed by atoms with Gasteiger partial charge in [0.05, 0.1) is 18.7 Å². The van der Waals surface area contributed by atoms with Crippen molar-refractivity contribution in [1.82, 2.24) is 0 Å². The van der Waals surface area contributed by atoms with Crippen molar-refractivity contribution < 1.29 is 4.74 Å². The Kier molecular flexibility index (Phi) is 5.00. The number of hydrogen-bond donors (Lipinski definition) is 0. The van der Waals surface area contributed by atoms with Gasteiger partial charge in [0.25, 0.3) is 0 Å². The molecule has 108 valence electrons. The molecule has 1 atom stereocenters. The molecule has 0 aromatic heterocycles. The Morgan fingerprint density at radius 2 is 1.95 bits per heavy atom. The van der Waals surface area contributed by atoms with Gasteiger partial charge in [-0.05, 0) is 47.6 Å². The van der Waals surface area contributed by atoms with Crippen LogP contribution in [0.25, 0.3) is 0 Å². The lowest BCUT2D eigenvalue weighted by atomic mass is 9.93. The minimum Gasteiger partial charge on any atom is -0.496 e. The van der Waals surface area contributed by atoms with Crippen LogP contribution in [0.2, 0.25) is 0 Å². The Morgan fingerprint density at radius 3 is 2.62 bits per heavy atom. The molecule has 2 aromatic rings. The molecule has 2 heteroatoms. The van der Waals surface area contributed by atoms with E-state index in [2.05, 4.69) is 32.0 Å². The van der Waals surface area contributed by atoms with Crippen LogP contribution in [0.3, 0.4) is 0 Å². The first-order valence-electron chi connectivity index (χ1n) is 7.34. The molecule has 0 radical (unpaired) electrons. The van der Waals surface area contributed by atoms with E-state index in [1.54, 1.807) is 7.11 Å². The van der Waals surface area contributed by atoms with E-state index in [9.17, 15) is 5.26 Å². The molecule has 0 aliphatic heterocycles. The number of ether oxygens (including phenoxy) is 1. The smallest absolute Gasteiger partial charge is 0.122 e. The molecule has 2 nitrogen and oxygen atoms in total. The van der Waals surface area contributed by atoms with Crippen molar-refractivity contribution in [2.75, 3.05) is 7.11 Å². The van der Waals surface area contributed by atoms with Crippen LogP contribution in [0.5, 0.6) is 5.75 Å². The van der Waals surface area contributed by atoms with Crippen molar-refractivity contribution in [2.45, 2.75) is 32.6 Å². The number of methoxy groups -OCH3 is 1. The van der Waals surface area contributed by atoms with E-state index in [1.807, 2.05) is 30.3 Å². The van der Waals surface area contributed by atoms with Crippen LogP contribution < -0.4 is 4.74 Å². The van der Waals surface area contributed by atoms with Gasteiger partial charge in [-0.1, -0.05) is 44.2 Å². The van der Waals surface area contributed by atoms with E-state index in [-0.39, 0.29) is 0 Å². The third-order valence-corrected chi connectivity index (χ3v) is 3.97. The van der Waals surface area contributed by atoms with E-state index in [0.29, 0.717) is 5.92 Å². The lowest BCUT2D eigenvalue weighted by Gasteiger charge is -2.16. The molecule has 0 aliphatic carbocycles. The predicted molar refractivity (Wildman–Crippen MR) is 85.7 cm³/mol. The van der Waals surface area contributed by atoms with Crippen LogP contribution in [0.4, 0.5) is 0 Å². The Balaban J connectivity index is 2.35. The second-order valence-electron chi connectivity index (χ2n) is 5.33. The lowest BCUT2D eigenvalue weighted by Crippen LogP contribution is -1.99. The predicted octanol–water partition coefficient (Wildman–Crippen LogP) is 4.67. The maximum Gasteiger partial charge on any atom is 0.122 e. The molecule has 0 saturated heterocycles. The quantitative estimate of drug-likeness (QED) is 0.796. The first-order chi connectivity index (χ1) is 10.2. The lowest BCUT2D eigenvalue weighted by molar-refractivity contribution is 0.405. The minimum atomic E-state index is 0.464. The molecule has 0 heterocycles. The van der Waals surface area contributed by atoms with Gasteiger partial charge in [-0.25, -0.2) is 0 Å². The number of rotatable bonds is 5. The summed E-state index contributed by atoms with van der Waals surface area (Å²) in [4.78, 5) is 0. The molecular weight excluding hydrogens is 258 g/mol. The zero-order valence-corrected chi connectivity index (χ0v) is 12.9. The molecule has 2 aromatic carbocycles. The van der Waals surface area contributed by atoms with Gasteiger partial charge in [0, 0.05) is 0 Å². The van der Waals surface area contributed by atoms with E-state index < -0.39 is 0 Å². The van der Waals surface area contributed by atoms with E-state index >= 15 is 0 Å². The van der Waals surface area contributed by atoms with Crippen LogP contribution in [-0.2, 0) is 6.42 Å². The second-order valence-corrected chi connectivity index (χ2v) is 5.33. The summed E-state index contributed by atoms with van der Waals surface area (Å²) in [6.45, 7) is 4.40. The maximum atomic E-state index is 9.19. The molecule has 0 fully saturated rings. The maximum absolute atomic E-state index is 9.19. The van der Waals surface area contributed by atoms with Crippen molar-refractivity contribution in [3.63, 3.8) is 0 Å². The number of nitrogens with zero attached hydrogens (tertiary/aromatic N) is 1. The third kappa shape index (κ3) is 3.44. The van der Waals surface area contributed by atoms with Gasteiger partial charge in [0.15, 0.2) is 0 Å². The Hall–Kier alpha value is -2.27. The highest BCUT2D eigenvalue weighted by Gasteiger charge is 2.11. The van der Waals surface area contributed by atoms with Crippen molar-refractivity contribution in [3.05, 3.63) is 64.7 Å². The molecule has 0 saturated carbocycles. The molecule has 21 heavy (non-hydrogen) atoms. The average Bonchev–Trinajstić information content (AvgIpc) is 2.54. The number of benzene rings is 2. The van der Waals surface area contributed by atoms with Crippen molar-refractivity contribution in [2.24, 2.45) is 0 Å². The summed E-state index contributed by atoms with van der Waals surface area (Å²) in [6, 6.07) is 16.4. The average molecular weight is 279 g/mol. The summed E-state index contributed by atoms with van der Waals surface area (Å²) in [5, 5.41) is 9.19. The van der Waals surface area contributed by atoms with Gasteiger partial charge < -0.3 is 4.74 Å². The molecule has 0 bridgehead atoms. The Bertz CT molecular complexity index is 655. The largest absolute Gasteiger partial charge is 0.496 e. The van der Waals surface area contributed by atoms with Gasteiger partial charge >= 0.3 is 0 Å². The fourth-order valence-corrected chi connectivity index (χ4v) is 2.50. The summed E-state index contributed by atoms with van der Waals surface area (Å²) in [6.07, 6.45) is 1.85. The van der Waals surface area contributed by atoms with Crippen LogP contribution in [0, 0.1) is 11.3 Å². The zero-order chi connectivity index (χ0) is 15.2. The summed E-state index contributed by atoms with van der Waals surface area (Å²) >= 11 is 0. The Morgan fingerprint density at radius 1 is 1.19 bits per heavy atom. The number of hydrogen-bond acceptors (Lipinski definition) is 2. The summed E-state index contributed by atoms with van der Waals surface area (Å²) < 4.78 is 5.47. The molecule has 0 amide bonds. The van der Waals surface area contributed by atoms with Crippen LogP contribution in [-0.4, -0.2) is 7.11 Å². The van der Waals surface area contributed by atoms with Gasteiger partial charge in [0.1, 0.15) is 5.75 Å². The molecule has 0 aliphatic rings. The molecule has 1 unspecified atom stereocenters. The van der Waals surface area contributed by atoms with Crippen molar-refractivity contribution in [1.29, 1.82) is 5.26 Å². The van der Waals surface area contributed by atoms with Crippen LogP contribution >= 0.6 is 0 Å². The fourth-order valence-electron chi connectivity index (χ4n) is 2.50.